The molecule has 1 atom stereocenters. The Morgan fingerprint density at radius 3 is 1.57 bits per heavy atom. The van der Waals surface area contributed by atoms with E-state index in [4.69, 9.17) is 0 Å². The van der Waals surface area contributed by atoms with E-state index in [-0.39, 0.29) is 6.17 Å². The number of nitrogens with one attached hydrogen (secondary N) is 1. The highest BCUT2D eigenvalue weighted by Crippen LogP contribution is 2.48. The van der Waals surface area contributed by atoms with Crippen molar-refractivity contribution in [1.29, 1.82) is 0 Å². The van der Waals surface area contributed by atoms with Crippen LogP contribution >= 0.6 is 0 Å². The summed E-state index contributed by atoms with van der Waals surface area (Å²) in [6, 6.07) is 65.8. The Hall–Kier alpha value is -6.12. The third-order valence-electron chi connectivity index (χ3n) is 9.46. The molecule has 0 aliphatic carbocycles. The van der Waals surface area contributed by atoms with Crippen molar-refractivity contribution in [3.8, 4) is 33.4 Å². The summed E-state index contributed by atoms with van der Waals surface area (Å²) in [5.41, 5.74) is 12.1. The standard InChI is InChI=1S/C45H32N2/c1-4-14-31(15-5-1)32-24-26-34(27-25-32)43-37-20-10-11-21-38(37)44(33-16-6-2-7-17-33)40-30-35(28-29-39(40)43)45-46-41-22-12-13-23-42(41)47(45)36-18-8-3-9-19-36/h1-30,45-46H. The lowest BCUT2D eigenvalue weighted by Crippen LogP contribution is -2.23. The molecule has 1 heterocycles. The molecule has 2 nitrogen and oxygen atoms in total. The first-order chi connectivity index (χ1) is 23.3. The van der Waals surface area contributed by atoms with E-state index in [1.807, 2.05) is 0 Å². The van der Waals surface area contributed by atoms with Gasteiger partial charge in [-0.2, -0.15) is 0 Å². The Kier molecular flexibility index (Phi) is 6.57. The summed E-state index contributed by atoms with van der Waals surface area (Å²) in [6.07, 6.45) is -0.0529. The van der Waals surface area contributed by atoms with Crippen LogP contribution in [0.3, 0.4) is 0 Å². The molecule has 1 aliphatic heterocycles. The zero-order valence-electron chi connectivity index (χ0n) is 25.8. The number of rotatable bonds is 5. The monoisotopic (exact) mass is 600 g/mol. The third-order valence-corrected chi connectivity index (χ3v) is 9.46. The highest BCUT2D eigenvalue weighted by Gasteiger charge is 2.31. The number of hydrogen-bond donors (Lipinski definition) is 1. The largest absolute Gasteiger partial charge is 0.359 e. The highest BCUT2D eigenvalue weighted by molar-refractivity contribution is 6.21. The lowest BCUT2D eigenvalue weighted by atomic mass is 9.85. The molecule has 2 heteroatoms. The molecule has 1 aliphatic rings. The average molecular weight is 601 g/mol. The van der Waals surface area contributed by atoms with Crippen molar-refractivity contribution >= 4 is 38.6 Å². The Morgan fingerprint density at radius 2 is 0.872 bits per heavy atom. The van der Waals surface area contributed by atoms with E-state index >= 15 is 0 Å². The van der Waals surface area contributed by atoms with Gasteiger partial charge in [-0.3, -0.25) is 0 Å². The van der Waals surface area contributed by atoms with Crippen molar-refractivity contribution in [2.75, 3.05) is 10.2 Å². The molecule has 0 fully saturated rings. The number of nitrogens with zero attached hydrogens (tertiary/aromatic N) is 1. The van der Waals surface area contributed by atoms with Gasteiger partial charge in [0.05, 0.1) is 11.4 Å². The zero-order valence-corrected chi connectivity index (χ0v) is 25.8. The molecule has 9 rings (SSSR count). The van der Waals surface area contributed by atoms with Gasteiger partial charge in [0.25, 0.3) is 0 Å². The summed E-state index contributed by atoms with van der Waals surface area (Å²) in [5, 5.41) is 8.87. The molecule has 0 saturated heterocycles. The first-order valence-electron chi connectivity index (χ1n) is 16.2. The van der Waals surface area contributed by atoms with Crippen molar-refractivity contribution in [3.05, 3.63) is 188 Å². The van der Waals surface area contributed by atoms with Crippen molar-refractivity contribution in [2.24, 2.45) is 0 Å². The lowest BCUT2D eigenvalue weighted by Gasteiger charge is -2.28. The molecule has 222 valence electrons. The van der Waals surface area contributed by atoms with Crippen LogP contribution in [0.5, 0.6) is 0 Å². The Labute approximate surface area is 275 Å². The van der Waals surface area contributed by atoms with Crippen LogP contribution in [0.15, 0.2) is 182 Å². The van der Waals surface area contributed by atoms with Crippen LogP contribution in [-0.4, -0.2) is 0 Å². The van der Waals surface area contributed by atoms with Gasteiger partial charge in [-0.1, -0.05) is 152 Å². The van der Waals surface area contributed by atoms with Gasteiger partial charge in [-0.15, -0.1) is 0 Å². The fraction of sp³-hybridized carbons (Fsp3) is 0.0222. The quantitative estimate of drug-likeness (QED) is 0.198. The predicted molar refractivity (Wildman–Crippen MR) is 199 cm³/mol. The normalized spacial score (nSPS) is 13.9. The van der Waals surface area contributed by atoms with Crippen molar-refractivity contribution in [1.82, 2.24) is 0 Å². The third kappa shape index (κ3) is 4.65. The topological polar surface area (TPSA) is 15.3 Å². The number of anilines is 3. The minimum atomic E-state index is -0.0529. The Bertz CT molecular complexity index is 2360. The average Bonchev–Trinajstić information content (AvgIpc) is 3.54. The number of hydrogen-bond acceptors (Lipinski definition) is 2. The van der Waals surface area contributed by atoms with Gasteiger partial charge in [0.2, 0.25) is 0 Å². The van der Waals surface area contributed by atoms with Crippen molar-refractivity contribution < 1.29 is 0 Å². The second-order valence-corrected chi connectivity index (χ2v) is 12.2. The maximum Gasteiger partial charge on any atom is 0.130 e. The second-order valence-electron chi connectivity index (χ2n) is 12.2. The molecule has 1 unspecified atom stereocenters. The van der Waals surface area contributed by atoms with E-state index in [9.17, 15) is 0 Å². The van der Waals surface area contributed by atoms with Crippen LogP contribution in [0.4, 0.5) is 17.1 Å². The summed E-state index contributed by atoms with van der Waals surface area (Å²) in [5.74, 6) is 0. The maximum atomic E-state index is 3.85. The molecule has 0 aromatic heterocycles. The number of benzene rings is 8. The molecular weight excluding hydrogens is 569 g/mol. The van der Waals surface area contributed by atoms with Crippen molar-refractivity contribution in [2.45, 2.75) is 6.17 Å². The van der Waals surface area contributed by atoms with Gasteiger partial charge in [0.15, 0.2) is 0 Å². The van der Waals surface area contributed by atoms with Crippen LogP contribution in [0, 0.1) is 0 Å². The molecule has 0 saturated carbocycles. The Balaban J connectivity index is 1.29. The minimum Gasteiger partial charge on any atom is -0.359 e. The predicted octanol–water partition coefficient (Wildman–Crippen LogP) is 12.3. The lowest BCUT2D eigenvalue weighted by molar-refractivity contribution is 0.830. The van der Waals surface area contributed by atoms with E-state index in [2.05, 4.69) is 192 Å². The zero-order chi connectivity index (χ0) is 31.2. The van der Waals surface area contributed by atoms with Crippen LogP contribution in [0.25, 0.3) is 54.9 Å². The molecule has 0 radical (unpaired) electrons. The first kappa shape index (κ1) is 27.2. The molecule has 0 spiro atoms. The summed E-state index contributed by atoms with van der Waals surface area (Å²) in [6.45, 7) is 0. The van der Waals surface area contributed by atoms with E-state index in [0.717, 1.165) is 11.4 Å². The summed E-state index contributed by atoms with van der Waals surface area (Å²) >= 11 is 0. The SMILES string of the molecule is c1ccc(-c2ccc(-c3c4ccccc4c(-c4ccccc4)c4cc(C5Nc6ccccc6N5c5ccccc5)ccc34)cc2)cc1. The molecule has 47 heavy (non-hydrogen) atoms. The van der Waals surface area contributed by atoms with Gasteiger partial charge in [0, 0.05) is 5.69 Å². The molecule has 8 aromatic carbocycles. The second kappa shape index (κ2) is 11.3. The van der Waals surface area contributed by atoms with Gasteiger partial charge in [0.1, 0.15) is 6.17 Å². The van der Waals surface area contributed by atoms with Gasteiger partial charge < -0.3 is 10.2 Å². The Morgan fingerprint density at radius 1 is 0.383 bits per heavy atom. The summed E-state index contributed by atoms with van der Waals surface area (Å²) in [7, 11) is 0. The van der Waals surface area contributed by atoms with Crippen LogP contribution in [0.1, 0.15) is 11.7 Å². The molecule has 0 bridgehead atoms. The molecule has 1 N–H and O–H groups in total. The minimum absolute atomic E-state index is 0.0529. The van der Waals surface area contributed by atoms with Crippen LogP contribution in [-0.2, 0) is 0 Å². The maximum absolute atomic E-state index is 3.85. The van der Waals surface area contributed by atoms with E-state index in [0.29, 0.717) is 0 Å². The van der Waals surface area contributed by atoms with E-state index in [1.165, 1.54) is 66.2 Å². The fourth-order valence-corrected chi connectivity index (χ4v) is 7.32. The van der Waals surface area contributed by atoms with Crippen molar-refractivity contribution in [3.63, 3.8) is 0 Å². The van der Waals surface area contributed by atoms with Crippen LogP contribution in [0.2, 0.25) is 0 Å². The fourth-order valence-electron chi connectivity index (χ4n) is 7.32. The van der Waals surface area contributed by atoms with Gasteiger partial charge in [-0.05, 0) is 90.8 Å². The smallest absolute Gasteiger partial charge is 0.130 e. The van der Waals surface area contributed by atoms with E-state index < -0.39 is 0 Å². The van der Waals surface area contributed by atoms with Gasteiger partial charge >= 0.3 is 0 Å². The van der Waals surface area contributed by atoms with Crippen LogP contribution < -0.4 is 10.2 Å². The summed E-state index contributed by atoms with van der Waals surface area (Å²) < 4.78 is 0. The summed E-state index contributed by atoms with van der Waals surface area (Å²) in [4.78, 5) is 2.42. The molecule has 8 aromatic rings. The first-order valence-corrected chi connectivity index (χ1v) is 16.2. The van der Waals surface area contributed by atoms with Gasteiger partial charge in [-0.25, -0.2) is 0 Å². The van der Waals surface area contributed by atoms with E-state index in [1.54, 1.807) is 0 Å². The number of para-hydroxylation sites is 3. The number of fused-ring (bicyclic) bond motifs is 3. The molecular formula is C45H32N2. The highest BCUT2D eigenvalue weighted by atomic mass is 15.3. The molecule has 0 amide bonds.